The summed E-state index contributed by atoms with van der Waals surface area (Å²) >= 11 is 1.42. The van der Waals surface area contributed by atoms with E-state index in [-0.39, 0.29) is 0 Å². The first-order chi connectivity index (χ1) is 3.30. The molecule has 0 spiro atoms. The minimum atomic E-state index is 0.977. The van der Waals surface area contributed by atoms with E-state index in [9.17, 15) is 0 Å². The topological polar surface area (TPSA) is 3.24 Å². The molecule has 0 aromatic carbocycles. The van der Waals surface area contributed by atoms with Gasteiger partial charge in [0.05, 0.1) is 0 Å². The summed E-state index contributed by atoms with van der Waals surface area (Å²) in [4.78, 5) is 2.46. The van der Waals surface area contributed by atoms with E-state index in [1.165, 1.54) is 41.9 Å². The van der Waals surface area contributed by atoms with Gasteiger partial charge >= 0.3 is 57.9 Å². The Bertz CT molecular complexity index is 57.1. The van der Waals surface area contributed by atoms with Crippen LogP contribution in [0.3, 0.4) is 0 Å². The molecular formula is C5H11NSn. The second-order valence-corrected chi connectivity index (χ2v) is 4.39. The molecule has 1 saturated heterocycles. The number of likely N-dealkylation sites (tertiary alicyclic amines) is 1. The molecule has 1 unspecified atom stereocenters. The molecule has 1 heterocycles. The number of nitrogens with zero attached hydrogens (tertiary/aromatic N) is 1. The van der Waals surface area contributed by atoms with Gasteiger partial charge in [-0.25, -0.2) is 0 Å². The fourth-order valence-corrected chi connectivity index (χ4v) is 2.03. The summed E-state index contributed by atoms with van der Waals surface area (Å²) in [5.74, 6) is 0. The third kappa shape index (κ3) is 1.32. The first-order valence-electron chi connectivity index (χ1n) is 2.76. The van der Waals surface area contributed by atoms with Crippen LogP contribution in [-0.2, 0) is 0 Å². The minimum absolute atomic E-state index is 0.977. The summed E-state index contributed by atoms with van der Waals surface area (Å²) < 4.78 is 0.977. The first-order valence-corrected chi connectivity index (χ1v) is 4.67. The zero-order valence-corrected chi connectivity index (χ0v) is 8.02. The summed E-state index contributed by atoms with van der Waals surface area (Å²) in [6, 6.07) is 0. The van der Waals surface area contributed by atoms with Crippen LogP contribution in [0.15, 0.2) is 0 Å². The fraction of sp³-hybridized carbons (Fsp3) is 1.00. The molecule has 0 amide bonds. The average molecular weight is 204 g/mol. The van der Waals surface area contributed by atoms with Crippen LogP contribution in [0.2, 0.25) is 0 Å². The third-order valence-corrected chi connectivity index (χ3v) is 3.98. The van der Waals surface area contributed by atoms with Crippen molar-refractivity contribution in [2.45, 2.75) is 16.9 Å². The van der Waals surface area contributed by atoms with Gasteiger partial charge in [-0.1, -0.05) is 0 Å². The molecule has 40 valence electrons. The Hall–Kier alpha value is 0.759. The first kappa shape index (κ1) is 5.89. The van der Waals surface area contributed by atoms with E-state index in [2.05, 4.69) is 11.9 Å². The molecule has 7 heavy (non-hydrogen) atoms. The van der Waals surface area contributed by atoms with Crippen LogP contribution in [0.5, 0.6) is 0 Å². The summed E-state index contributed by atoms with van der Waals surface area (Å²) in [5, 5.41) is 0. The molecule has 1 fully saturated rings. The average Bonchev–Trinajstić information content (AvgIpc) is 1.91. The number of rotatable bonds is 0. The van der Waals surface area contributed by atoms with Crippen molar-refractivity contribution in [3.63, 3.8) is 0 Å². The molecule has 1 aliphatic rings. The van der Waals surface area contributed by atoms with Crippen molar-refractivity contribution >= 4 is 22.5 Å². The van der Waals surface area contributed by atoms with Crippen LogP contribution in [0, 0.1) is 0 Å². The molecule has 1 atom stereocenters. The van der Waals surface area contributed by atoms with Gasteiger partial charge in [0.2, 0.25) is 0 Å². The predicted octanol–water partition coefficient (Wildman–Crippen LogP) is -0.0611. The van der Waals surface area contributed by atoms with Gasteiger partial charge in [-0.2, -0.15) is 0 Å². The van der Waals surface area contributed by atoms with Crippen molar-refractivity contribution in [1.82, 2.24) is 4.90 Å². The zero-order valence-electron chi connectivity index (χ0n) is 4.72. The van der Waals surface area contributed by atoms with Crippen molar-refractivity contribution in [3.05, 3.63) is 0 Å². The molecule has 0 saturated carbocycles. The maximum absolute atomic E-state index is 2.46. The molecule has 0 bridgehead atoms. The molecule has 1 aliphatic heterocycles. The summed E-state index contributed by atoms with van der Waals surface area (Å²) in [6.07, 6.45) is 2.89. The van der Waals surface area contributed by atoms with Gasteiger partial charge in [0.15, 0.2) is 0 Å². The van der Waals surface area contributed by atoms with Crippen molar-refractivity contribution < 1.29 is 0 Å². The van der Waals surface area contributed by atoms with Crippen LogP contribution in [0.25, 0.3) is 0 Å². The Morgan fingerprint density at radius 3 is 2.57 bits per heavy atom. The van der Waals surface area contributed by atoms with E-state index < -0.39 is 0 Å². The van der Waals surface area contributed by atoms with Gasteiger partial charge in [0.25, 0.3) is 0 Å². The van der Waals surface area contributed by atoms with E-state index in [0.717, 1.165) is 4.06 Å². The molecule has 2 heteroatoms. The summed E-state index contributed by atoms with van der Waals surface area (Å²) in [5.41, 5.74) is 0. The van der Waals surface area contributed by atoms with Crippen LogP contribution < -0.4 is 0 Å². The van der Waals surface area contributed by atoms with Crippen LogP contribution in [0.1, 0.15) is 12.8 Å². The quantitative estimate of drug-likeness (QED) is 0.499. The van der Waals surface area contributed by atoms with Crippen molar-refractivity contribution in [2.24, 2.45) is 0 Å². The Morgan fingerprint density at radius 1 is 1.71 bits per heavy atom. The van der Waals surface area contributed by atoms with Crippen molar-refractivity contribution in [3.8, 4) is 0 Å². The Kier molecular flexibility index (Phi) is 1.98. The Morgan fingerprint density at radius 2 is 2.43 bits per heavy atom. The summed E-state index contributed by atoms with van der Waals surface area (Å²) in [6.45, 7) is 1.34. The van der Waals surface area contributed by atoms with Gasteiger partial charge < -0.3 is 0 Å². The third-order valence-electron chi connectivity index (χ3n) is 1.58. The second-order valence-electron chi connectivity index (χ2n) is 2.19. The molecule has 1 rings (SSSR count). The van der Waals surface area contributed by atoms with E-state index in [1.54, 1.807) is 0 Å². The maximum atomic E-state index is 2.46. The number of hydrogen-bond donors (Lipinski definition) is 0. The van der Waals surface area contributed by atoms with E-state index in [0.29, 0.717) is 0 Å². The van der Waals surface area contributed by atoms with Gasteiger partial charge in [-0.05, 0) is 0 Å². The van der Waals surface area contributed by atoms with E-state index in [4.69, 9.17) is 0 Å². The molecule has 2 radical (unpaired) electrons. The molecule has 1 nitrogen and oxygen atoms in total. The fourth-order valence-electron chi connectivity index (χ4n) is 0.936. The van der Waals surface area contributed by atoms with E-state index >= 15 is 0 Å². The monoisotopic (exact) mass is 205 g/mol. The Labute approximate surface area is 58.2 Å². The Balaban J connectivity index is 2.33. The van der Waals surface area contributed by atoms with Gasteiger partial charge in [0.1, 0.15) is 0 Å². The SMILES string of the molecule is CN1CCC[CH]1[SnH]. The van der Waals surface area contributed by atoms with Crippen LogP contribution in [-0.4, -0.2) is 45.1 Å². The molecule has 0 aromatic rings. The normalized spacial score (nSPS) is 34.3. The standard InChI is InChI=1S/C5H10N.Sn.H/c1-6-4-2-3-5-6;;/h4H,2-3,5H2,1H3;;. The van der Waals surface area contributed by atoms with Crippen LogP contribution in [0.4, 0.5) is 0 Å². The van der Waals surface area contributed by atoms with E-state index in [1.807, 2.05) is 0 Å². The molecular weight excluding hydrogens is 193 g/mol. The zero-order chi connectivity index (χ0) is 5.28. The summed E-state index contributed by atoms with van der Waals surface area (Å²) in [7, 11) is 2.22. The van der Waals surface area contributed by atoms with Gasteiger partial charge in [-0.3, -0.25) is 0 Å². The predicted molar refractivity (Wildman–Crippen MR) is 32.8 cm³/mol. The van der Waals surface area contributed by atoms with Gasteiger partial charge in [0, 0.05) is 0 Å². The van der Waals surface area contributed by atoms with Crippen molar-refractivity contribution in [1.29, 1.82) is 0 Å². The molecule has 0 N–H and O–H groups in total. The molecule has 0 aliphatic carbocycles. The second kappa shape index (κ2) is 2.35. The van der Waals surface area contributed by atoms with Crippen molar-refractivity contribution in [2.75, 3.05) is 13.6 Å². The van der Waals surface area contributed by atoms with Gasteiger partial charge in [-0.15, -0.1) is 0 Å². The molecule has 0 aromatic heterocycles. The van der Waals surface area contributed by atoms with Crippen LogP contribution >= 0.6 is 0 Å². The number of hydrogen-bond acceptors (Lipinski definition) is 1.